The second-order valence-electron chi connectivity index (χ2n) is 3.79. The van der Waals surface area contributed by atoms with E-state index in [-0.39, 0.29) is 11.2 Å². The maximum Gasteiger partial charge on any atom is 0.316 e. The summed E-state index contributed by atoms with van der Waals surface area (Å²) in [5, 5.41) is 5.24. The van der Waals surface area contributed by atoms with Crippen molar-refractivity contribution in [3.63, 3.8) is 0 Å². The van der Waals surface area contributed by atoms with Gasteiger partial charge in [0.2, 0.25) is 5.91 Å². The molecule has 5 nitrogen and oxygen atoms in total. The second kappa shape index (κ2) is 6.90. The van der Waals surface area contributed by atoms with Crippen molar-refractivity contribution in [3.05, 3.63) is 29.8 Å². The smallest absolute Gasteiger partial charge is 0.316 e. The highest BCUT2D eigenvalue weighted by Crippen LogP contribution is 2.11. The molecule has 0 bridgehead atoms. The molecule has 1 aromatic rings. The summed E-state index contributed by atoms with van der Waals surface area (Å²) >= 11 is 1.49. The first-order chi connectivity index (χ1) is 8.52. The molecule has 0 heterocycles. The monoisotopic (exact) mass is 267 g/mol. The minimum absolute atomic E-state index is 0.00392. The van der Waals surface area contributed by atoms with Crippen LogP contribution in [-0.4, -0.2) is 23.4 Å². The Morgan fingerprint density at radius 1 is 1.44 bits per heavy atom. The molecule has 4 N–H and O–H groups in total. The highest BCUT2D eigenvalue weighted by atomic mass is 32.2. The molecule has 0 aliphatic heterocycles. The Kier molecular flexibility index (Phi) is 5.51. The van der Waals surface area contributed by atoms with Gasteiger partial charge in [-0.15, -0.1) is 0 Å². The normalized spacial score (nSPS) is 11.7. The van der Waals surface area contributed by atoms with E-state index in [4.69, 9.17) is 5.73 Å². The number of amides is 3. The standard InChI is InChI=1S/C12H17N3O2S/c1-8(18-2)11(16)14-7-9-4-3-5-10(6-9)15-12(13)17/h3-6,8H,7H2,1-2H3,(H,14,16)(H3,13,15,17). The number of primary amides is 1. The number of nitrogens with two attached hydrogens (primary N) is 1. The lowest BCUT2D eigenvalue weighted by atomic mass is 10.2. The van der Waals surface area contributed by atoms with Crippen LogP contribution in [0.5, 0.6) is 0 Å². The number of carbonyl (C=O) groups is 2. The van der Waals surface area contributed by atoms with Gasteiger partial charge in [0, 0.05) is 12.2 Å². The maximum atomic E-state index is 11.6. The predicted molar refractivity (Wildman–Crippen MR) is 74.5 cm³/mol. The first kappa shape index (κ1) is 14.4. The van der Waals surface area contributed by atoms with Crippen LogP contribution in [0.2, 0.25) is 0 Å². The van der Waals surface area contributed by atoms with Crippen LogP contribution in [0.1, 0.15) is 12.5 Å². The summed E-state index contributed by atoms with van der Waals surface area (Å²) < 4.78 is 0. The fraction of sp³-hybridized carbons (Fsp3) is 0.333. The molecule has 3 amide bonds. The van der Waals surface area contributed by atoms with Crippen LogP contribution in [0.3, 0.4) is 0 Å². The van der Waals surface area contributed by atoms with Gasteiger partial charge in [0.15, 0.2) is 0 Å². The van der Waals surface area contributed by atoms with E-state index in [1.165, 1.54) is 11.8 Å². The number of thioether (sulfide) groups is 1. The van der Waals surface area contributed by atoms with Crippen molar-refractivity contribution in [1.29, 1.82) is 0 Å². The molecule has 0 aromatic heterocycles. The number of benzene rings is 1. The van der Waals surface area contributed by atoms with Gasteiger partial charge in [-0.3, -0.25) is 4.79 Å². The number of carbonyl (C=O) groups excluding carboxylic acids is 2. The van der Waals surface area contributed by atoms with Crippen molar-refractivity contribution >= 4 is 29.4 Å². The van der Waals surface area contributed by atoms with E-state index in [1.54, 1.807) is 18.2 Å². The number of urea groups is 1. The van der Waals surface area contributed by atoms with Gasteiger partial charge in [-0.25, -0.2) is 4.79 Å². The summed E-state index contributed by atoms with van der Waals surface area (Å²) in [5.41, 5.74) is 6.56. The lowest BCUT2D eigenvalue weighted by molar-refractivity contribution is -0.120. The van der Waals surface area contributed by atoms with Crippen molar-refractivity contribution in [3.8, 4) is 0 Å². The molecule has 0 saturated carbocycles. The minimum atomic E-state index is -0.604. The molecule has 0 radical (unpaired) electrons. The quantitative estimate of drug-likeness (QED) is 0.756. The van der Waals surface area contributed by atoms with Gasteiger partial charge < -0.3 is 16.4 Å². The summed E-state index contributed by atoms with van der Waals surface area (Å²) in [6.45, 7) is 2.28. The Balaban J connectivity index is 2.57. The van der Waals surface area contributed by atoms with E-state index in [0.29, 0.717) is 12.2 Å². The van der Waals surface area contributed by atoms with Crippen LogP contribution in [0, 0.1) is 0 Å². The molecule has 1 rings (SSSR count). The van der Waals surface area contributed by atoms with Crippen LogP contribution in [0.4, 0.5) is 10.5 Å². The Bertz CT molecular complexity index is 437. The summed E-state index contributed by atoms with van der Waals surface area (Å²) in [7, 11) is 0. The number of rotatable bonds is 5. The molecule has 0 fully saturated rings. The number of anilines is 1. The highest BCUT2D eigenvalue weighted by Gasteiger charge is 2.10. The topological polar surface area (TPSA) is 84.2 Å². The number of hydrogen-bond acceptors (Lipinski definition) is 3. The van der Waals surface area contributed by atoms with Gasteiger partial charge >= 0.3 is 6.03 Å². The zero-order chi connectivity index (χ0) is 13.5. The fourth-order valence-corrected chi connectivity index (χ4v) is 1.64. The van der Waals surface area contributed by atoms with Crippen LogP contribution in [0.15, 0.2) is 24.3 Å². The van der Waals surface area contributed by atoms with Crippen molar-refractivity contribution in [1.82, 2.24) is 5.32 Å². The zero-order valence-corrected chi connectivity index (χ0v) is 11.2. The van der Waals surface area contributed by atoms with E-state index >= 15 is 0 Å². The average Bonchev–Trinajstić information content (AvgIpc) is 2.34. The van der Waals surface area contributed by atoms with Crippen LogP contribution >= 0.6 is 11.8 Å². The predicted octanol–water partition coefficient (Wildman–Crippen LogP) is 1.54. The first-order valence-electron chi connectivity index (χ1n) is 5.49. The van der Waals surface area contributed by atoms with Gasteiger partial charge in [-0.05, 0) is 30.9 Å². The molecule has 0 spiro atoms. The molecule has 18 heavy (non-hydrogen) atoms. The van der Waals surface area contributed by atoms with Gasteiger partial charge in [0.05, 0.1) is 5.25 Å². The van der Waals surface area contributed by atoms with Crippen molar-refractivity contribution in [2.75, 3.05) is 11.6 Å². The average molecular weight is 267 g/mol. The molecule has 1 aromatic carbocycles. The molecule has 1 atom stereocenters. The third kappa shape index (κ3) is 4.67. The SMILES string of the molecule is CSC(C)C(=O)NCc1cccc(NC(N)=O)c1. The lowest BCUT2D eigenvalue weighted by Gasteiger charge is -2.10. The van der Waals surface area contributed by atoms with E-state index in [2.05, 4.69) is 10.6 Å². The summed E-state index contributed by atoms with van der Waals surface area (Å²) in [4.78, 5) is 22.3. The third-order valence-electron chi connectivity index (χ3n) is 2.38. The van der Waals surface area contributed by atoms with Gasteiger partial charge in [-0.1, -0.05) is 12.1 Å². The number of nitrogens with one attached hydrogen (secondary N) is 2. The van der Waals surface area contributed by atoms with E-state index < -0.39 is 6.03 Å². The van der Waals surface area contributed by atoms with Crippen LogP contribution in [0.25, 0.3) is 0 Å². The van der Waals surface area contributed by atoms with Gasteiger partial charge in [-0.2, -0.15) is 11.8 Å². The lowest BCUT2D eigenvalue weighted by Crippen LogP contribution is -2.30. The van der Waals surface area contributed by atoms with Crippen LogP contribution < -0.4 is 16.4 Å². The summed E-state index contributed by atoms with van der Waals surface area (Å²) in [6.07, 6.45) is 1.89. The van der Waals surface area contributed by atoms with E-state index in [0.717, 1.165) is 5.56 Å². The molecule has 98 valence electrons. The molecule has 0 saturated heterocycles. The third-order valence-corrected chi connectivity index (χ3v) is 3.31. The van der Waals surface area contributed by atoms with Crippen molar-refractivity contribution in [2.24, 2.45) is 5.73 Å². The van der Waals surface area contributed by atoms with Crippen molar-refractivity contribution < 1.29 is 9.59 Å². The molecular weight excluding hydrogens is 250 g/mol. The van der Waals surface area contributed by atoms with Gasteiger partial charge in [0.25, 0.3) is 0 Å². The largest absolute Gasteiger partial charge is 0.351 e. The summed E-state index contributed by atoms with van der Waals surface area (Å²) in [6, 6.07) is 6.57. The first-order valence-corrected chi connectivity index (χ1v) is 6.77. The van der Waals surface area contributed by atoms with E-state index in [9.17, 15) is 9.59 Å². The molecule has 0 aliphatic rings. The van der Waals surface area contributed by atoms with Crippen LogP contribution in [-0.2, 0) is 11.3 Å². The molecule has 0 aliphatic carbocycles. The van der Waals surface area contributed by atoms with E-state index in [1.807, 2.05) is 19.2 Å². The van der Waals surface area contributed by atoms with Crippen molar-refractivity contribution in [2.45, 2.75) is 18.7 Å². The second-order valence-corrected chi connectivity index (χ2v) is 4.96. The highest BCUT2D eigenvalue weighted by molar-refractivity contribution is 7.99. The minimum Gasteiger partial charge on any atom is -0.351 e. The summed E-state index contributed by atoms with van der Waals surface area (Å²) in [5.74, 6) is -0.00392. The van der Waals surface area contributed by atoms with Gasteiger partial charge in [0.1, 0.15) is 0 Å². The molecule has 1 unspecified atom stereocenters. The Morgan fingerprint density at radius 2 is 2.17 bits per heavy atom. The number of hydrogen-bond donors (Lipinski definition) is 3. The Morgan fingerprint density at radius 3 is 2.78 bits per heavy atom. The maximum absolute atomic E-state index is 11.6. The molecule has 6 heteroatoms. The fourth-order valence-electron chi connectivity index (χ4n) is 1.34. The molecular formula is C12H17N3O2S. The zero-order valence-electron chi connectivity index (χ0n) is 10.4. The Labute approximate surface area is 111 Å². The Hall–Kier alpha value is -1.69.